The Bertz CT molecular complexity index is 313. The number of carbonyl (C=O) groups is 1. The van der Waals surface area contributed by atoms with Crippen LogP contribution in [0.25, 0.3) is 0 Å². The lowest BCUT2D eigenvalue weighted by Gasteiger charge is -2.00. The van der Waals surface area contributed by atoms with Crippen molar-refractivity contribution in [2.24, 2.45) is 0 Å². The zero-order valence-corrected chi connectivity index (χ0v) is 8.54. The third-order valence-corrected chi connectivity index (χ3v) is 2.84. The van der Waals surface area contributed by atoms with Crippen LogP contribution in [-0.2, 0) is 4.79 Å². The van der Waals surface area contributed by atoms with Gasteiger partial charge < -0.3 is 4.74 Å². The molecule has 1 aromatic heterocycles. The molecule has 0 aliphatic carbocycles. The van der Waals surface area contributed by atoms with Gasteiger partial charge in [0.15, 0.2) is 0 Å². The van der Waals surface area contributed by atoms with E-state index in [1.54, 1.807) is 11.3 Å². The number of esters is 1. The first kappa shape index (κ1) is 9.26. The molecule has 1 rings (SSSR count). The standard InChI is InChI=1S/C9H12O2S/c1-5-6(2)12-7(3)9(5)11-8(4)10/h1-4H3. The van der Waals surface area contributed by atoms with Gasteiger partial charge in [0.2, 0.25) is 0 Å². The third-order valence-electron chi connectivity index (χ3n) is 1.74. The van der Waals surface area contributed by atoms with Gasteiger partial charge in [-0.15, -0.1) is 11.3 Å². The quantitative estimate of drug-likeness (QED) is 0.627. The summed E-state index contributed by atoms with van der Waals surface area (Å²) >= 11 is 1.66. The lowest BCUT2D eigenvalue weighted by molar-refractivity contribution is -0.131. The highest BCUT2D eigenvalue weighted by molar-refractivity contribution is 7.12. The maximum Gasteiger partial charge on any atom is 0.308 e. The van der Waals surface area contributed by atoms with Crippen molar-refractivity contribution in [3.05, 3.63) is 15.3 Å². The minimum atomic E-state index is -0.251. The van der Waals surface area contributed by atoms with E-state index in [0.717, 1.165) is 16.2 Å². The predicted octanol–water partition coefficient (Wildman–Crippen LogP) is 2.60. The van der Waals surface area contributed by atoms with Crippen molar-refractivity contribution >= 4 is 17.3 Å². The number of hydrogen-bond donors (Lipinski definition) is 0. The van der Waals surface area contributed by atoms with E-state index in [-0.39, 0.29) is 5.97 Å². The van der Waals surface area contributed by atoms with E-state index in [0.29, 0.717) is 0 Å². The smallest absolute Gasteiger partial charge is 0.308 e. The van der Waals surface area contributed by atoms with E-state index in [1.165, 1.54) is 11.8 Å². The fraction of sp³-hybridized carbons (Fsp3) is 0.444. The molecule has 3 heteroatoms. The van der Waals surface area contributed by atoms with Crippen molar-refractivity contribution in [3.63, 3.8) is 0 Å². The monoisotopic (exact) mass is 184 g/mol. The molecule has 0 spiro atoms. The molecule has 0 amide bonds. The minimum Gasteiger partial charge on any atom is -0.425 e. The highest BCUT2D eigenvalue weighted by Gasteiger charge is 2.11. The van der Waals surface area contributed by atoms with Gasteiger partial charge in [-0.2, -0.15) is 0 Å². The Morgan fingerprint density at radius 3 is 2.17 bits per heavy atom. The molecule has 2 nitrogen and oxygen atoms in total. The average molecular weight is 184 g/mol. The average Bonchev–Trinajstić information content (AvgIpc) is 2.16. The zero-order valence-electron chi connectivity index (χ0n) is 7.72. The van der Waals surface area contributed by atoms with Crippen LogP contribution in [0.3, 0.4) is 0 Å². The van der Waals surface area contributed by atoms with Gasteiger partial charge >= 0.3 is 5.97 Å². The zero-order chi connectivity index (χ0) is 9.30. The van der Waals surface area contributed by atoms with Crippen LogP contribution in [0.4, 0.5) is 0 Å². The van der Waals surface area contributed by atoms with Gasteiger partial charge in [-0.05, 0) is 20.8 Å². The first-order valence-corrected chi connectivity index (χ1v) is 4.59. The topological polar surface area (TPSA) is 26.3 Å². The van der Waals surface area contributed by atoms with Gasteiger partial charge in [-0.1, -0.05) is 0 Å². The Morgan fingerprint density at radius 2 is 1.83 bits per heavy atom. The van der Waals surface area contributed by atoms with Gasteiger partial charge in [0, 0.05) is 22.2 Å². The summed E-state index contributed by atoms with van der Waals surface area (Å²) in [5.41, 5.74) is 1.08. The fourth-order valence-electron chi connectivity index (χ4n) is 1.07. The summed E-state index contributed by atoms with van der Waals surface area (Å²) in [5.74, 6) is 0.490. The summed E-state index contributed by atoms with van der Waals surface area (Å²) < 4.78 is 5.07. The van der Waals surface area contributed by atoms with Gasteiger partial charge in [0.25, 0.3) is 0 Å². The SMILES string of the molecule is CC(=O)Oc1c(C)sc(C)c1C. The Balaban J connectivity index is 3.05. The number of aryl methyl sites for hydroxylation is 2. The van der Waals surface area contributed by atoms with E-state index in [4.69, 9.17) is 4.74 Å². The van der Waals surface area contributed by atoms with Crippen LogP contribution in [0.15, 0.2) is 0 Å². The van der Waals surface area contributed by atoms with Crippen LogP contribution < -0.4 is 4.74 Å². The Labute approximate surface area is 76.2 Å². The van der Waals surface area contributed by atoms with Crippen molar-refractivity contribution in [2.45, 2.75) is 27.7 Å². The predicted molar refractivity (Wildman–Crippen MR) is 49.8 cm³/mol. The van der Waals surface area contributed by atoms with Crippen molar-refractivity contribution in [2.75, 3.05) is 0 Å². The molecule has 0 bridgehead atoms. The highest BCUT2D eigenvalue weighted by Crippen LogP contribution is 2.33. The number of ether oxygens (including phenoxy) is 1. The van der Waals surface area contributed by atoms with E-state index in [1.807, 2.05) is 20.8 Å². The molecule has 0 unspecified atom stereocenters. The van der Waals surface area contributed by atoms with Crippen LogP contribution in [0.5, 0.6) is 5.75 Å². The van der Waals surface area contributed by atoms with Crippen LogP contribution in [0.1, 0.15) is 22.2 Å². The largest absolute Gasteiger partial charge is 0.425 e. The summed E-state index contributed by atoms with van der Waals surface area (Å²) in [6.45, 7) is 7.38. The van der Waals surface area contributed by atoms with E-state index < -0.39 is 0 Å². The van der Waals surface area contributed by atoms with E-state index in [9.17, 15) is 4.79 Å². The first-order valence-electron chi connectivity index (χ1n) is 3.77. The molecule has 0 atom stereocenters. The maximum absolute atomic E-state index is 10.7. The van der Waals surface area contributed by atoms with E-state index >= 15 is 0 Å². The van der Waals surface area contributed by atoms with Crippen LogP contribution >= 0.6 is 11.3 Å². The van der Waals surface area contributed by atoms with Crippen molar-refractivity contribution in [1.29, 1.82) is 0 Å². The number of thiophene rings is 1. The fourth-order valence-corrected chi connectivity index (χ4v) is 2.06. The van der Waals surface area contributed by atoms with Crippen molar-refractivity contribution < 1.29 is 9.53 Å². The molecule has 0 aliphatic heterocycles. The lowest BCUT2D eigenvalue weighted by atomic mass is 10.2. The molecule has 0 radical (unpaired) electrons. The summed E-state index contributed by atoms with van der Waals surface area (Å²) in [6.07, 6.45) is 0. The summed E-state index contributed by atoms with van der Waals surface area (Å²) in [4.78, 5) is 13.0. The van der Waals surface area contributed by atoms with Crippen LogP contribution in [0.2, 0.25) is 0 Å². The maximum atomic E-state index is 10.7. The molecular weight excluding hydrogens is 172 g/mol. The van der Waals surface area contributed by atoms with Crippen molar-refractivity contribution in [3.8, 4) is 5.75 Å². The van der Waals surface area contributed by atoms with Crippen LogP contribution in [0, 0.1) is 20.8 Å². The molecule has 0 saturated heterocycles. The molecule has 12 heavy (non-hydrogen) atoms. The minimum absolute atomic E-state index is 0.251. The highest BCUT2D eigenvalue weighted by atomic mass is 32.1. The molecule has 0 N–H and O–H groups in total. The Kier molecular flexibility index (Phi) is 2.52. The summed E-state index contributed by atoms with van der Waals surface area (Å²) in [6, 6.07) is 0. The number of hydrogen-bond acceptors (Lipinski definition) is 3. The summed E-state index contributed by atoms with van der Waals surface area (Å²) in [5, 5.41) is 0. The second kappa shape index (κ2) is 3.27. The molecule has 0 saturated carbocycles. The molecule has 1 heterocycles. The normalized spacial score (nSPS) is 10.0. The Morgan fingerprint density at radius 1 is 1.25 bits per heavy atom. The summed E-state index contributed by atoms with van der Waals surface area (Å²) in [7, 11) is 0. The molecule has 0 aromatic carbocycles. The molecular formula is C9H12O2S. The number of rotatable bonds is 1. The van der Waals surface area contributed by atoms with Gasteiger partial charge in [-0.3, -0.25) is 4.79 Å². The Hall–Kier alpha value is -0.830. The third kappa shape index (κ3) is 1.67. The first-order chi connectivity index (χ1) is 5.52. The lowest BCUT2D eigenvalue weighted by Crippen LogP contribution is -2.02. The molecule has 66 valence electrons. The number of carbonyl (C=O) groups excluding carboxylic acids is 1. The van der Waals surface area contributed by atoms with Crippen molar-refractivity contribution in [1.82, 2.24) is 0 Å². The molecule has 0 aliphatic rings. The molecule has 0 fully saturated rings. The van der Waals surface area contributed by atoms with Gasteiger partial charge in [-0.25, -0.2) is 0 Å². The van der Waals surface area contributed by atoms with Gasteiger partial charge in [0.1, 0.15) is 5.75 Å². The van der Waals surface area contributed by atoms with E-state index in [2.05, 4.69) is 0 Å². The second-order valence-electron chi connectivity index (χ2n) is 2.76. The molecule has 1 aromatic rings. The van der Waals surface area contributed by atoms with Gasteiger partial charge in [0.05, 0.1) is 0 Å². The second-order valence-corrected chi connectivity index (χ2v) is 4.19. The van der Waals surface area contributed by atoms with Crippen LogP contribution in [-0.4, -0.2) is 5.97 Å².